The van der Waals surface area contributed by atoms with Crippen molar-refractivity contribution in [3.05, 3.63) is 53.6 Å². The molecule has 0 aliphatic carbocycles. The van der Waals surface area contributed by atoms with Crippen molar-refractivity contribution in [2.75, 3.05) is 34.4 Å². The topological polar surface area (TPSA) is 84.1 Å². The van der Waals surface area contributed by atoms with Crippen LogP contribution in [-0.4, -0.2) is 57.4 Å². The largest absolute Gasteiger partial charge is 0.497 e. The quantitative estimate of drug-likeness (QED) is 0.610. The molecule has 1 amide bonds. The maximum atomic E-state index is 12.8. The van der Waals surface area contributed by atoms with Crippen molar-refractivity contribution in [1.82, 2.24) is 21.1 Å². The minimum absolute atomic E-state index is 0.0964. The molecule has 8 nitrogen and oxygen atoms in total. The summed E-state index contributed by atoms with van der Waals surface area (Å²) in [5, 5.41) is 3.17. The molecule has 2 aliphatic heterocycles. The summed E-state index contributed by atoms with van der Waals surface area (Å²) in [6.07, 6.45) is 3.10. The highest BCUT2D eigenvalue weighted by molar-refractivity contribution is 5.95. The van der Waals surface area contributed by atoms with Gasteiger partial charge in [-0.2, -0.15) is 0 Å². The summed E-state index contributed by atoms with van der Waals surface area (Å²) in [6.45, 7) is 1.86. The fourth-order valence-electron chi connectivity index (χ4n) is 4.40. The van der Waals surface area contributed by atoms with E-state index in [2.05, 4.69) is 33.2 Å². The lowest BCUT2D eigenvalue weighted by molar-refractivity contribution is 0.0879. The summed E-state index contributed by atoms with van der Waals surface area (Å²) in [7, 11) is 4.84. The molecule has 0 radical (unpaired) electrons. The van der Waals surface area contributed by atoms with Crippen LogP contribution in [0.5, 0.6) is 17.2 Å². The average molecular weight is 441 g/mol. The van der Waals surface area contributed by atoms with E-state index >= 15 is 0 Å². The van der Waals surface area contributed by atoms with E-state index in [1.165, 1.54) is 5.56 Å². The van der Waals surface area contributed by atoms with Crippen molar-refractivity contribution >= 4 is 5.91 Å². The van der Waals surface area contributed by atoms with E-state index in [0.29, 0.717) is 17.1 Å². The highest BCUT2D eigenvalue weighted by Gasteiger charge is 2.32. The monoisotopic (exact) mass is 440 g/mol. The predicted octanol–water partition coefficient (Wildman–Crippen LogP) is 2.47. The molecule has 0 aromatic heterocycles. The number of amides is 1. The molecule has 2 aliphatic rings. The Kier molecular flexibility index (Phi) is 7.14. The van der Waals surface area contributed by atoms with Gasteiger partial charge in [0, 0.05) is 36.8 Å². The maximum Gasteiger partial charge on any atom is 0.251 e. The van der Waals surface area contributed by atoms with Crippen LogP contribution < -0.4 is 30.4 Å². The van der Waals surface area contributed by atoms with Gasteiger partial charge in [0.15, 0.2) is 0 Å². The number of carbonyl (C=O) groups excluding carboxylic acids is 1. The number of nitrogens with zero attached hydrogens (tertiary/aromatic N) is 1. The molecule has 2 unspecified atom stereocenters. The Morgan fingerprint density at radius 2 is 1.53 bits per heavy atom. The molecule has 8 heteroatoms. The van der Waals surface area contributed by atoms with Gasteiger partial charge in [-0.25, -0.2) is 10.9 Å². The zero-order valence-corrected chi connectivity index (χ0v) is 18.9. The van der Waals surface area contributed by atoms with Crippen LogP contribution in [0.3, 0.4) is 0 Å². The van der Waals surface area contributed by atoms with Gasteiger partial charge in [-0.3, -0.25) is 9.69 Å². The Hall–Kier alpha value is -2.81. The lowest BCUT2D eigenvalue weighted by atomic mass is 10.0. The van der Waals surface area contributed by atoms with E-state index in [1.807, 2.05) is 12.1 Å². The summed E-state index contributed by atoms with van der Waals surface area (Å²) < 4.78 is 15.8. The van der Waals surface area contributed by atoms with E-state index < -0.39 is 0 Å². The molecule has 2 saturated heterocycles. The molecule has 0 saturated carbocycles. The minimum atomic E-state index is -0.0964. The number of piperidine rings is 1. The Morgan fingerprint density at radius 3 is 2.12 bits per heavy atom. The van der Waals surface area contributed by atoms with Crippen molar-refractivity contribution < 1.29 is 19.0 Å². The van der Waals surface area contributed by atoms with Gasteiger partial charge < -0.3 is 19.5 Å². The van der Waals surface area contributed by atoms with E-state index in [0.717, 1.165) is 38.1 Å². The second kappa shape index (κ2) is 10.2. The van der Waals surface area contributed by atoms with Crippen LogP contribution in [0.15, 0.2) is 42.5 Å². The van der Waals surface area contributed by atoms with E-state index in [9.17, 15) is 4.79 Å². The maximum absolute atomic E-state index is 12.8. The summed E-state index contributed by atoms with van der Waals surface area (Å²) >= 11 is 0. The first-order chi connectivity index (χ1) is 15.6. The molecule has 2 aromatic rings. The summed E-state index contributed by atoms with van der Waals surface area (Å²) in [5.41, 5.74) is 8.65. The van der Waals surface area contributed by atoms with Crippen LogP contribution in [0.2, 0.25) is 0 Å². The van der Waals surface area contributed by atoms with Gasteiger partial charge in [0.2, 0.25) is 0 Å². The number of carbonyl (C=O) groups is 1. The fourth-order valence-corrected chi connectivity index (χ4v) is 4.40. The molecule has 0 bridgehead atoms. The molecule has 3 N–H and O–H groups in total. The highest BCUT2D eigenvalue weighted by atomic mass is 16.5. The number of likely N-dealkylation sites (tertiary alicyclic amines) is 1. The zero-order valence-electron chi connectivity index (χ0n) is 18.9. The van der Waals surface area contributed by atoms with Gasteiger partial charge in [0.1, 0.15) is 17.2 Å². The SMILES string of the molecule is COc1ccc(C2CC(N3CCC(NC(=O)c4cc(OC)cc(OC)c4)CC3)NN2)cc1. The molecule has 2 atom stereocenters. The summed E-state index contributed by atoms with van der Waals surface area (Å²) in [5.74, 6) is 1.99. The van der Waals surface area contributed by atoms with Gasteiger partial charge in [0.25, 0.3) is 5.91 Å². The van der Waals surface area contributed by atoms with Crippen molar-refractivity contribution in [3.8, 4) is 17.2 Å². The number of hydrogen-bond acceptors (Lipinski definition) is 7. The number of hydrogen-bond donors (Lipinski definition) is 3. The molecule has 0 spiro atoms. The first-order valence-electron chi connectivity index (χ1n) is 11.0. The van der Waals surface area contributed by atoms with Crippen LogP contribution in [0.25, 0.3) is 0 Å². The molecule has 2 aromatic carbocycles. The van der Waals surface area contributed by atoms with Crippen LogP contribution in [0, 0.1) is 0 Å². The van der Waals surface area contributed by atoms with Crippen molar-refractivity contribution in [1.29, 1.82) is 0 Å². The third-order valence-electron chi connectivity index (χ3n) is 6.32. The van der Waals surface area contributed by atoms with Crippen LogP contribution in [0.1, 0.15) is 41.2 Å². The number of rotatable bonds is 7. The Balaban J connectivity index is 1.27. The number of ether oxygens (including phenoxy) is 3. The predicted molar refractivity (Wildman–Crippen MR) is 122 cm³/mol. The van der Waals surface area contributed by atoms with E-state index in [-0.39, 0.29) is 24.2 Å². The molecule has 2 heterocycles. The first-order valence-corrected chi connectivity index (χ1v) is 11.0. The highest BCUT2D eigenvalue weighted by Crippen LogP contribution is 2.27. The van der Waals surface area contributed by atoms with Crippen LogP contribution in [-0.2, 0) is 0 Å². The number of methoxy groups -OCH3 is 3. The molecule has 32 heavy (non-hydrogen) atoms. The van der Waals surface area contributed by atoms with Crippen molar-refractivity contribution in [3.63, 3.8) is 0 Å². The Bertz CT molecular complexity index is 890. The second-order valence-corrected chi connectivity index (χ2v) is 8.25. The second-order valence-electron chi connectivity index (χ2n) is 8.25. The lowest BCUT2D eigenvalue weighted by Gasteiger charge is -2.35. The molecular weight excluding hydrogens is 408 g/mol. The zero-order chi connectivity index (χ0) is 22.5. The third-order valence-corrected chi connectivity index (χ3v) is 6.32. The van der Waals surface area contributed by atoms with Gasteiger partial charge in [-0.15, -0.1) is 0 Å². The number of hydrazine groups is 1. The normalized spacial score (nSPS) is 21.8. The molecule has 2 fully saturated rings. The van der Waals surface area contributed by atoms with Crippen molar-refractivity contribution in [2.45, 2.75) is 37.5 Å². The molecule has 4 rings (SSSR count). The summed E-state index contributed by atoms with van der Waals surface area (Å²) in [4.78, 5) is 15.2. The van der Waals surface area contributed by atoms with Crippen molar-refractivity contribution in [2.24, 2.45) is 0 Å². The Morgan fingerprint density at radius 1 is 0.906 bits per heavy atom. The van der Waals surface area contributed by atoms with E-state index in [4.69, 9.17) is 14.2 Å². The smallest absolute Gasteiger partial charge is 0.251 e. The lowest BCUT2D eigenvalue weighted by Crippen LogP contribution is -2.51. The third kappa shape index (κ3) is 5.15. The molecular formula is C24H32N4O4. The standard InChI is InChI=1S/C24H32N4O4/c1-30-19-6-4-16(5-7-19)22-15-23(27-26-22)28-10-8-18(9-11-28)25-24(29)17-12-20(31-2)14-21(13-17)32-3/h4-7,12-14,18,22-23,26-27H,8-11,15H2,1-3H3,(H,25,29). The first kappa shape index (κ1) is 22.4. The van der Waals surface area contributed by atoms with Gasteiger partial charge in [-0.05, 0) is 49.1 Å². The van der Waals surface area contributed by atoms with Gasteiger partial charge in [-0.1, -0.05) is 12.1 Å². The van der Waals surface area contributed by atoms with Crippen LogP contribution in [0.4, 0.5) is 0 Å². The van der Waals surface area contributed by atoms with Crippen LogP contribution >= 0.6 is 0 Å². The fraction of sp³-hybridized carbons (Fsp3) is 0.458. The Labute approximate surface area is 189 Å². The van der Waals surface area contributed by atoms with Gasteiger partial charge >= 0.3 is 0 Å². The van der Waals surface area contributed by atoms with Gasteiger partial charge in [0.05, 0.1) is 27.5 Å². The average Bonchev–Trinajstić information content (AvgIpc) is 3.34. The number of nitrogens with one attached hydrogen (secondary N) is 3. The minimum Gasteiger partial charge on any atom is -0.497 e. The number of benzene rings is 2. The summed E-state index contributed by atoms with van der Waals surface area (Å²) in [6, 6.07) is 13.9. The van der Waals surface area contributed by atoms with E-state index in [1.54, 1.807) is 39.5 Å². The molecule has 172 valence electrons.